The molecule has 6 heteroatoms. The maximum atomic E-state index is 12.8. The summed E-state index contributed by atoms with van der Waals surface area (Å²) in [4.78, 5) is 15.0. The first-order valence-corrected chi connectivity index (χ1v) is 10.8. The third-order valence-electron chi connectivity index (χ3n) is 6.30. The SMILES string of the molecule is C[C@H](CCC(=O)c1ccc2c(Oc3ccc(C(F)(F)F)cc3)cccc2c1)C1CN(C)C1. The number of hydrogen-bond donors (Lipinski definition) is 0. The third kappa shape index (κ3) is 4.96. The number of ether oxygens (including phenoxy) is 1. The van der Waals surface area contributed by atoms with Gasteiger partial charge in [-0.3, -0.25) is 4.79 Å². The van der Waals surface area contributed by atoms with Crippen LogP contribution >= 0.6 is 0 Å². The number of ketones is 1. The van der Waals surface area contributed by atoms with Gasteiger partial charge in [0.25, 0.3) is 0 Å². The number of hydrogen-bond acceptors (Lipinski definition) is 3. The predicted molar refractivity (Wildman–Crippen MR) is 119 cm³/mol. The quantitative estimate of drug-likeness (QED) is 0.377. The Balaban J connectivity index is 1.45. The van der Waals surface area contributed by atoms with Crippen molar-refractivity contribution < 1.29 is 22.7 Å². The minimum atomic E-state index is -4.38. The summed E-state index contributed by atoms with van der Waals surface area (Å²) in [5.74, 6) is 2.18. The first-order valence-electron chi connectivity index (χ1n) is 10.8. The van der Waals surface area contributed by atoms with E-state index in [1.54, 1.807) is 12.1 Å². The molecule has 0 bridgehead atoms. The second kappa shape index (κ2) is 8.94. The molecule has 32 heavy (non-hydrogen) atoms. The minimum Gasteiger partial charge on any atom is -0.457 e. The largest absolute Gasteiger partial charge is 0.457 e. The van der Waals surface area contributed by atoms with Crippen LogP contribution in [0.4, 0.5) is 13.2 Å². The van der Waals surface area contributed by atoms with Crippen molar-refractivity contribution in [2.45, 2.75) is 25.9 Å². The highest BCUT2D eigenvalue weighted by Gasteiger charge is 2.30. The van der Waals surface area contributed by atoms with Crippen molar-refractivity contribution in [3.05, 3.63) is 71.8 Å². The van der Waals surface area contributed by atoms with Crippen LogP contribution in [0.5, 0.6) is 11.5 Å². The molecular weight excluding hydrogens is 415 g/mol. The maximum Gasteiger partial charge on any atom is 0.416 e. The molecule has 3 nitrogen and oxygen atoms in total. The Labute approximate surface area is 185 Å². The van der Waals surface area contributed by atoms with E-state index in [-0.39, 0.29) is 5.78 Å². The zero-order valence-corrected chi connectivity index (χ0v) is 18.2. The first kappa shape index (κ1) is 22.3. The van der Waals surface area contributed by atoms with E-state index in [0.717, 1.165) is 42.4 Å². The maximum absolute atomic E-state index is 12.8. The molecule has 0 N–H and O–H groups in total. The lowest BCUT2D eigenvalue weighted by Gasteiger charge is -2.40. The fraction of sp³-hybridized carbons (Fsp3) is 0.346. The van der Waals surface area contributed by atoms with E-state index in [1.807, 2.05) is 24.3 Å². The molecule has 168 valence electrons. The molecule has 0 aliphatic carbocycles. The number of fused-ring (bicyclic) bond motifs is 1. The van der Waals surface area contributed by atoms with Gasteiger partial charge >= 0.3 is 6.18 Å². The molecule has 1 aliphatic rings. The van der Waals surface area contributed by atoms with Gasteiger partial charge in [0.15, 0.2) is 5.78 Å². The molecule has 1 fully saturated rings. The van der Waals surface area contributed by atoms with Gasteiger partial charge in [-0.2, -0.15) is 13.2 Å². The standard InChI is InChI=1S/C26H26F3NO2/c1-17(20-15-30(2)16-20)6-13-24(31)19-7-12-23-18(14-19)4-3-5-25(23)32-22-10-8-21(9-11-22)26(27,28)29/h3-5,7-12,14,17,20H,6,13,15-16H2,1-2H3/t17-/m1/s1. The summed E-state index contributed by atoms with van der Waals surface area (Å²) in [7, 11) is 2.11. The molecule has 0 amide bonds. The highest BCUT2D eigenvalue weighted by molar-refractivity contribution is 6.01. The molecular formula is C26H26F3NO2. The van der Waals surface area contributed by atoms with Crippen molar-refractivity contribution in [2.75, 3.05) is 20.1 Å². The second-order valence-electron chi connectivity index (χ2n) is 8.74. The fourth-order valence-electron chi connectivity index (χ4n) is 4.20. The molecule has 4 rings (SSSR count). The Morgan fingerprint density at radius 2 is 1.81 bits per heavy atom. The lowest BCUT2D eigenvalue weighted by atomic mass is 9.83. The van der Waals surface area contributed by atoms with Crippen molar-refractivity contribution in [2.24, 2.45) is 11.8 Å². The van der Waals surface area contributed by atoms with Crippen LogP contribution < -0.4 is 4.74 Å². The van der Waals surface area contributed by atoms with Gasteiger partial charge in [0.05, 0.1) is 5.56 Å². The van der Waals surface area contributed by atoms with Crippen molar-refractivity contribution in [1.82, 2.24) is 4.90 Å². The van der Waals surface area contributed by atoms with Crippen molar-refractivity contribution >= 4 is 16.6 Å². The van der Waals surface area contributed by atoms with Gasteiger partial charge in [0.2, 0.25) is 0 Å². The summed E-state index contributed by atoms with van der Waals surface area (Å²) < 4.78 is 44.1. The Hall–Kier alpha value is -2.86. The lowest BCUT2D eigenvalue weighted by Crippen LogP contribution is -2.46. The van der Waals surface area contributed by atoms with Gasteiger partial charge in [0.1, 0.15) is 11.5 Å². The molecule has 0 saturated carbocycles. The van der Waals surface area contributed by atoms with Crippen LogP contribution in [0.3, 0.4) is 0 Å². The van der Waals surface area contributed by atoms with Crippen LogP contribution in [0.2, 0.25) is 0 Å². The topological polar surface area (TPSA) is 29.5 Å². The number of carbonyl (C=O) groups is 1. The summed E-state index contributed by atoms with van der Waals surface area (Å²) in [5.41, 5.74) is -0.0494. The number of halogens is 3. The van der Waals surface area contributed by atoms with Crippen LogP contribution in [-0.4, -0.2) is 30.8 Å². The fourth-order valence-corrected chi connectivity index (χ4v) is 4.20. The Morgan fingerprint density at radius 3 is 2.47 bits per heavy atom. The highest BCUT2D eigenvalue weighted by Crippen LogP contribution is 2.34. The van der Waals surface area contributed by atoms with Gasteiger partial charge in [-0.25, -0.2) is 0 Å². The minimum absolute atomic E-state index is 0.125. The van der Waals surface area contributed by atoms with Gasteiger partial charge in [-0.05, 0) is 73.2 Å². The molecule has 3 aromatic rings. The second-order valence-corrected chi connectivity index (χ2v) is 8.74. The average Bonchev–Trinajstić information content (AvgIpc) is 2.74. The van der Waals surface area contributed by atoms with Crippen LogP contribution in [-0.2, 0) is 6.18 Å². The molecule has 0 radical (unpaired) electrons. The molecule has 1 heterocycles. The smallest absolute Gasteiger partial charge is 0.416 e. The van der Waals surface area contributed by atoms with Crippen LogP contribution in [0, 0.1) is 11.8 Å². The van der Waals surface area contributed by atoms with Gasteiger partial charge in [-0.1, -0.05) is 25.1 Å². The summed E-state index contributed by atoms with van der Waals surface area (Å²) in [6, 6.07) is 15.6. The van der Waals surface area contributed by atoms with Crippen molar-refractivity contribution in [1.29, 1.82) is 0 Å². The van der Waals surface area contributed by atoms with Crippen molar-refractivity contribution in [3.63, 3.8) is 0 Å². The third-order valence-corrected chi connectivity index (χ3v) is 6.30. The molecule has 3 aromatic carbocycles. The molecule has 1 atom stereocenters. The number of alkyl halides is 3. The van der Waals surface area contributed by atoms with E-state index in [1.165, 1.54) is 12.1 Å². The molecule has 0 aromatic heterocycles. The van der Waals surface area contributed by atoms with E-state index >= 15 is 0 Å². The number of likely N-dealkylation sites (tertiary alicyclic amines) is 1. The summed E-state index contributed by atoms with van der Waals surface area (Å²) in [5, 5.41) is 1.66. The molecule has 0 spiro atoms. The monoisotopic (exact) mass is 441 g/mol. The first-order chi connectivity index (χ1) is 15.2. The Morgan fingerprint density at radius 1 is 1.09 bits per heavy atom. The zero-order chi connectivity index (χ0) is 22.9. The van der Waals surface area contributed by atoms with Crippen LogP contribution in [0.15, 0.2) is 60.7 Å². The number of benzene rings is 3. The number of nitrogens with zero attached hydrogens (tertiary/aromatic N) is 1. The van der Waals surface area contributed by atoms with Crippen LogP contribution in [0.1, 0.15) is 35.7 Å². The summed E-state index contributed by atoms with van der Waals surface area (Å²) >= 11 is 0. The lowest BCUT2D eigenvalue weighted by molar-refractivity contribution is -0.137. The van der Waals surface area contributed by atoms with E-state index in [4.69, 9.17) is 4.74 Å². The number of carbonyl (C=O) groups excluding carboxylic acids is 1. The van der Waals surface area contributed by atoms with E-state index < -0.39 is 11.7 Å². The average molecular weight is 441 g/mol. The highest BCUT2D eigenvalue weighted by atomic mass is 19.4. The van der Waals surface area contributed by atoms with E-state index in [9.17, 15) is 18.0 Å². The van der Waals surface area contributed by atoms with Crippen LogP contribution in [0.25, 0.3) is 10.8 Å². The summed E-state index contributed by atoms with van der Waals surface area (Å²) in [6.07, 6.45) is -2.98. The van der Waals surface area contributed by atoms with Gasteiger partial charge < -0.3 is 9.64 Å². The molecule has 1 saturated heterocycles. The zero-order valence-electron chi connectivity index (χ0n) is 18.2. The van der Waals surface area contributed by atoms with Crippen molar-refractivity contribution in [3.8, 4) is 11.5 Å². The number of Topliss-reactive ketones (excluding diaryl/α,β-unsaturated/α-hetero) is 1. The molecule has 0 unspecified atom stereocenters. The van der Waals surface area contributed by atoms with E-state index in [0.29, 0.717) is 35.3 Å². The Kier molecular flexibility index (Phi) is 6.24. The van der Waals surface area contributed by atoms with E-state index in [2.05, 4.69) is 18.9 Å². The van der Waals surface area contributed by atoms with Gasteiger partial charge in [0, 0.05) is 30.5 Å². The normalized spacial score (nSPS) is 16.0. The predicted octanol–water partition coefficient (Wildman–Crippen LogP) is 6.81. The van der Waals surface area contributed by atoms with Gasteiger partial charge in [-0.15, -0.1) is 0 Å². The Bertz CT molecular complexity index is 1100. The number of rotatable bonds is 7. The molecule has 1 aliphatic heterocycles. The summed E-state index contributed by atoms with van der Waals surface area (Å²) in [6.45, 7) is 4.43.